The summed E-state index contributed by atoms with van der Waals surface area (Å²) >= 11 is 22.9. The van der Waals surface area contributed by atoms with Gasteiger partial charge >= 0.3 is 0 Å². The van der Waals surface area contributed by atoms with Gasteiger partial charge in [0.15, 0.2) is 11.7 Å². The number of carbonyl (C=O) groups is 2. The van der Waals surface area contributed by atoms with Crippen LogP contribution >= 0.6 is 68.8 Å². The Kier molecular flexibility index (Phi) is 14.0. The Morgan fingerprint density at radius 2 is 1.09 bits per heavy atom. The molecule has 16 heteroatoms. The lowest BCUT2D eigenvalue weighted by molar-refractivity contribution is -0.117. The van der Waals surface area contributed by atoms with Crippen molar-refractivity contribution in [1.82, 2.24) is 20.6 Å². The molecule has 3 N–H and O–H groups in total. The molecule has 0 aliphatic carbocycles. The SMILES string of the molecule is N#CC(C(=O)Nc1ccc2ccccc2c1)c1csc2ccc(Cl)cc12.N#CCc1csc2ccc(Cl)cc12.O=C(Nc1ccc2ccccc2c1)C(c1nn[nH]n1)c1csc2ccc(Cl)cc12. The number of benzene rings is 7. The predicted octanol–water partition coefficient (Wildman–Crippen LogP) is 14.6. The van der Waals surface area contributed by atoms with Gasteiger partial charge in [-0.2, -0.15) is 15.7 Å². The zero-order valence-corrected chi connectivity index (χ0v) is 40.0. The van der Waals surface area contributed by atoms with Gasteiger partial charge in [-0.05, 0) is 149 Å². The van der Waals surface area contributed by atoms with E-state index in [2.05, 4.69) is 43.4 Å². The van der Waals surface area contributed by atoms with Crippen LogP contribution in [0, 0.1) is 22.7 Å². The molecule has 68 heavy (non-hydrogen) atoms. The number of aromatic nitrogens is 4. The average molecular weight is 1000 g/mol. The standard InChI is InChI=1S/C21H14ClN5OS.C21H13ClN2OS.C10H6ClNS/c22-14-6-8-18-16(10-14)17(11-29-18)19(20-24-26-27-25-20)21(28)23-15-7-5-12-3-1-2-4-13(12)9-15;22-15-6-8-20-17(10-15)19(12-26-20)18(11-23)21(25)24-16-7-5-13-3-1-2-4-14(13)9-16;11-8-1-2-10-9(5-8)7(3-4-12)6-13-10/h1-11,19H,(H,23,28)(H,24,25,26,27);1-10,12,18H,(H,24,25);1-2,5-6H,3H2. The van der Waals surface area contributed by atoms with Crippen molar-refractivity contribution in [2.75, 3.05) is 10.6 Å². The molecule has 4 heterocycles. The van der Waals surface area contributed by atoms with Crippen molar-refractivity contribution >= 4 is 144 Å². The number of halogens is 3. The first-order valence-corrected chi connectivity index (χ1v) is 24.5. The van der Waals surface area contributed by atoms with Gasteiger partial charge < -0.3 is 10.6 Å². The van der Waals surface area contributed by atoms with Crippen LogP contribution in [0.2, 0.25) is 15.1 Å². The van der Waals surface area contributed by atoms with Crippen LogP contribution in [-0.2, 0) is 16.0 Å². The Morgan fingerprint density at radius 1 is 0.588 bits per heavy atom. The zero-order chi connectivity index (χ0) is 47.1. The lowest BCUT2D eigenvalue weighted by Crippen LogP contribution is -2.23. The fourth-order valence-electron chi connectivity index (χ4n) is 7.69. The van der Waals surface area contributed by atoms with E-state index in [4.69, 9.17) is 40.1 Å². The summed E-state index contributed by atoms with van der Waals surface area (Å²) in [5.74, 6) is -1.88. The van der Waals surface area contributed by atoms with Gasteiger partial charge in [-0.3, -0.25) is 9.59 Å². The van der Waals surface area contributed by atoms with Crippen molar-refractivity contribution < 1.29 is 9.59 Å². The van der Waals surface area contributed by atoms with Crippen molar-refractivity contribution in [2.24, 2.45) is 0 Å². The molecule has 0 bridgehead atoms. The third-order valence-corrected chi connectivity index (χ3v) is 14.6. The van der Waals surface area contributed by atoms with E-state index in [1.54, 1.807) is 34.8 Å². The smallest absolute Gasteiger partial charge is 0.246 e. The summed E-state index contributed by atoms with van der Waals surface area (Å²) in [6.45, 7) is 0. The number of nitriles is 2. The van der Waals surface area contributed by atoms with Crippen molar-refractivity contribution in [3.05, 3.63) is 193 Å². The molecule has 0 aliphatic heterocycles. The summed E-state index contributed by atoms with van der Waals surface area (Å²) in [5, 5.41) is 53.2. The van der Waals surface area contributed by atoms with Gasteiger partial charge in [0.1, 0.15) is 5.92 Å². The number of aromatic amines is 1. The summed E-state index contributed by atoms with van der Waals surface area (Å²) in [6, 6.07) is 48.6. The second-order valence-electron chi connectivity index (χ2n) is 15.3. The first-order chi connectivity index (χ1) is 33.1. The molecule has 2 amide bonds. The number of tetrazole rings is 1. The molecule has 2 atom stereocenters. The highest BCUT2D eigenvalue weighted by Crippen LogP contribution is 2.37. The predicted molar refractivity (Wildman–Crippen MR) is 279 cm³/mol. The number of carbonyl (C=O) groups excluding carboxylic acids is 2. The minimum absolute atomic E-state index is 0.235. The number of nitrogens with one attached hydrogen (secondary N) is 3. The van der Waals surface area contributed by atoms with Crippen LogP contribution in [0.25, 0.3) is 51.8 Å². The Labute approximate surface area is 416 Å². The van der Waals surface area contributed by atoms with Crippen LogP contribution in [0.5, 0.6) is 0 Å². The minimum atomic E-state index is -0.895. The first kappa shape index (κ1) is 45.9. The molecule has 0 radical (unpaired) electrons. The number of fused-ring (bicyclic) bond motifs is 5. The molecule has 2 unspecified atom stereocenters. The van der Waals surface area contributed by atoms with E-state index in [-0.39, 0.29) is 11.8 Å². The number of hydrogen-bond acceptors (Lipinski definition) is 10. The minimum Gasteiger partial charge on any atom is -0.325 e. The third-order valence-electron chi connectivity index (χ3n) is 10.9. The molecule has 11 rings (SSSR count). The average Bonchev–Trinajstić information content (AvgIpc) is 4.19. The number of rotatable bonds is 8. The van der Waals surface area contributed by atoms with Gasteiger partial charge in [-0.25, -0.2) is 0 Å². The van der Waals surface area contributed by atoms with Gasteiger partial charge in [-0.1, -0.05) is 101 Å². The highest BCUT2D eigenvalue weighted by molar-refractivity contribution is 7.18. The number of thiophene rings is 3. The Morgan fingerprint density at radius 3 is 1.63 bits per heavy atom. The number of amides is 2. The first-order valence-electron chi connectivity index (χ1n) is 20.7. The molecule has 0 saturated heterocycles. The molecule has 7 aromatic carbocycles. The summed E-state index contributed by atoms with van der Waals surface area (Å²) in [4.78, 5) is 26.1. The van der Waals surface area contributed by atoms with Crippen LogP contribution in [0.3, 0.4) is 0 Å². The highest BCUT2D eigenvalue weighted by atomic mass is 35.5. The van der Waals surface area contributed by atoms with Crippen LogP contribution in [0.15, 0.2) is 156 Å². The normalized spacial score (nSPS) is 11.8. The van der Waals surface area contributed by atoms with E-state index in [1.807, 2.05) is 144 Å². The fraction of sp³-hybridized carbons (Fsp3) is 0.0577. The largest absolute Gasteiger partial charge is 0.325 e. The van der Waals surface area contributed by atoms with Crippen molar-refractivity contribution in [3.8, 4) is 12.1 Å². The quantitative estimate of drug-likeness (QED) is 0.137. The molecule has 11 aromatic rings. The van der Waals surface area contributed by atoms with Gasteiger partial charge in [0.2, 0.25) is 11.8 Å². The Balaban J connectivity index is 0.000000136. The molecule has 0 fully saturated rings. The molecule has 10 nitrogen and oxygen atoms in total. The second kappa shape index (κ2) is 20.8. The monoisotopic (exact) mass is 1000 g/mol. The number of hydrogen-bond donors (Lipinski definition) is 3. The van der Waals surface area contributed by atoms with Crippen LogP contribution in [-0.4, -0.2) is 32.4 Å². The van der Waals surface area contributed by atoms with Crippen molar-refractivity contribution in [2.45, 2.75) is 18.3 Å². The van der Waals surface area contributed by atoms with Crippen molar-refractivity contribution in [1.29, 1.82) is 10.5 Å². The molecular weight excluding hydrogens is 971 g/mol. The lowest BCUT2D eigenvalue weighted by Gasteiger charge is -2.14. The third kappa shape index (κ3) is 10.2. The molecule has 332 valence electrons. The summed E-state index contributed by atoms with van der Waals surface area (Å²) in [7, 11) is 0. The van der Waals surface area contributed by atoms with Crippen LogP contribution in [0.4, 0.5) is 11.4 Å². The van der Waals surface area contributed by atoms with Gasteiger partial charge in [0.25, 0.3) is 0 Å². The number of anilines is 2. The summed E-state index contributed by atoms with van der Waals surface area (Å²) in [6.07, 6.45) is 0.459. The van der Waals surface area contributed by atoms with E-state index in [0.717, 1.165) is 63.3 Å². The molecule has 0 saturated carbocycles. The maximum atomic E-state index is 13.3. The Bertz CT molecular complexity index is 3720. The van der Waals surface area contributed by atoms with Crippen LogP contribution in [0.1, 0.15) is 34.4 Å². The zero-order valence-electron chi connectivity index (χ0n) is 35.3. The maximum Gasteiger partial charge on any atom is 0.246 e. The van der Waals surface area contributed by atoms with Gasteiger partial charge in [-0.15, -0.1) is 44.2 Å². The van der Waals surface area contributed by atoms with Gasteiger partial charge in [0, 0.05) is 40.5 Å². The van der Waals surface area contributed by atoms with E-state index >= 15 is 0 Å². The van der Waals surface area contributed by atoms with E-state index < -0.39 is 11.8 Å². The molecular formula is C52H33Cl3N8O2S3. The second-order valence-corrected chi connectivity index (χ2v) is 19.3. The highest BCUT2D eigenvalue weighted by Gasteiger charge is 2.30. The van der Waals surface area contributed by atoms with Gasteiger partial charge in [0.05, 0.1) is 18.6 Å². The molecule has 0 aliphatic rings. The molecule has 4 aromatic heterocycles. The molecule has 0 spiro atoms. The summed E-state index contributed by atoms with van der Waals surface area (Å²) < 4.78 is 3.23. The number of nitrogens with zero attached hydrogens (tertiary/aromatic N) is 5. The van der Waals surface area contributed by atoms with Crippen molar-refractivity contribution in [3.63, 3.8) is 0 Å². The number of H-pyrrole nitrogens is 1. The summed E-state index contributed by atoms with van der Waals surface area (Å²) in [5.41, 5.74) is 3.94. The van der Waals surface area contributed by atoms with Crippen LogP contribution < -0.4 is 10.6 Å². The van der Waals surface area contributed by atoms with E-state index in [1.165, 1.54) is 16.0 Å². The topological polar surface area (TPSA) is 160 Å². The van der Waals surface area contributed by atoms with E-state index in [9.17, 15) is 14.9 Å². The fourth-order valence-corrected chi connectivity index (χ4v) is 11.1. The Hall–Kier alpha value is -7.20. The lowest BCUT2D eigenvalue weighted by atomic mass is 9.96. The maximum absolute atomic E-state index is 13.3. The van der Waals surface area contributed by atoms with E-state index in [0.29, 0.717) is 39.2 Å².